The summed E-state index contributed by atoms with van der Waals surface area (Å²) in [6.45, 7) is 2.65. The molecule has 1 heterocycles. The summed E-state index contributed by atoms with van der Waals surface area (Å²) in [6, 6.07) is 4.85. The minimum absolute atomic E-state index is 0.0455. The van der Waals surface area contributed by atoms with Crippen molar-refractivity contribution in [1.82, 2.24) is 4.90 Å². The summed E-state index contributed by atoms with van der Waals surface area (Å²) in [7, 11) is 0. The van der Waals surface area contributed by atoms with E-state index in [1.54, 1.807) is 23.1 Å². The number of nitrogens with one attached hydrogen (secondary N) is 1. The van der Waals surface area contributed by atoms with Crippen LogP contribution in [0.4, 0.5) is 10.5 Å². The largest absolute Gasteiger partial charge is 0.326 e. The SMILES string of the molecule is CC(N)C1CCCCN1C(=O)Nc1cc(Cl)ccc1Cl. The van der Waals surface area contributed by atoms with Crippen LogP contribution in [0.2, 0.25) is 10.0 Å². The summed E-state index contributed by atoms with van der Waals surface area (Å²) in [5, 5.41) is 3.82. The average Bonchev–Trinajstić information content (AvgIpc) is 2.42. The summed E-state index contributed by atoms with van der Waals surface area (Å²) < 4.78 is 0. The Morgan fingerprint density at radius 1 is 1.45 bits per heavy atom. The van der Waals surface area contributed by atoms with E-state index < -0.39 is 0 Å². The third-order valence-corrected chi connectivity index (χ3v) is 4.15. The number of halogens is 2. The van der Waals surface area contributed by atoms with Crippen LogP contribution in [0.25, 0.3) is 0 Å². The molecule has 6 heteroatoms. The maximum absolute atomic E-state index is 12.4. The van der Waals surface area contributed by atoms with Crippen molar-refractivity contribution in [3.8, 4) is 0 Å². The molecule has 2 unspecified atom stereocenters. The van der Waals surface area contributed by atoms with Gasteiger partial charge in [-0.3, -0.25) is 0 Å². The van der Waals surface area contributed by atoms with Gasteiger partial charge in [0.1, 0.15) is 0 Å². The molecule has 1 fully saturated rings. The number of nitrogens with zero attached hydrogens (tertiary/aromatic N) is 1. The fraction of sp³-hybridized carbons (Fsp3) is 0.500. The maximum atomic E-state index is 12.4. The minimum atomic E-state index is -0.170. The molecule has 1 aromatic rings. The molecule has 2 rings (SSSR count). The lowest BCUT2D eigenvalue weighted by Gasteiger charge is -2.38. The standard InChI is InChI=1S/C14H19Cl2N3O/c1-9(17)13-4-2-3-7-19(13)14(20)18-12-8-10(15)5-6-11(12)16/h5-6,8-9,13H,2-4,7,17H2,1H3,(H,18,20). The number of carbonyl (C=O) groups is 1. The minimum Gasteiger partial charge on any atom is -0.326 e. The van der Waals surface area contributed by atoms with E-state index in [1.807, 2.05) is 6.92 Å². The Hall–Kier alpha value is -0.970. The van der Waals surface area contributed by atoms with Crippen LogP contribution in [0.5, 0.6) is 0 Å². The Kier molecular flexibility index (Phi) is 5.13. The molecule has 1 aromatic carbocycles. The topological polar surface area (TPSA) is 58.4 Å². The highest BCUT2D eigenvalue weighted by Gasteiger charge is 2.29. The first-order chi connectivity index (χ1) is 9.49. The Balaban J connectivity index is 2.12. The molecule has 1 saturated heterocycles. The number of piperidine rings is 1. The fourth-order valence-electron chi connectivity index (χ4n) is 2.54. The van der Waals surface area contributed by atoms with Gasteiger partial charge in [-0.2, -0.15) is 0 Å². The molecule has 0 bridgehead atoms. The van der Waals surface area contributed by atoms with E-state index in [0.717, 1.165) is 25.8 Å². The van der Waals surface area contributed by atoms with E-state index in [9.17, 15) is 4.79 Å². The summed E-state index contributed by atoms with van der Waals surface area (Å²) in [5.74, 6) is 0. The number of anilines is 1. The zero-order valence-corrected chi connectivity index (χ0v) is 12.9. The molecular formula is C14H19Cl2N3O. The summed E-state index contributed by atoms with van der Waals surface area (Å²) in [4.78, 5) is 14.2. The van der Waals surface area contributed by atoms with Gasteiger partial charge in [0.25, 0.3) is 0 Å². The Bertz CT molecular complexity index is 493. The molecule has 2 amide bonds. The molecule has 0 saturated carbocycles. The highest BCUT2D eigenvalue weighted by atomic mass is 35.5. The predicted molar refractivity (Wildman–Crippen MR) is 83.5 cm³/mol. The van der Waals surface area contributed by atoms with Crippen molar-refractivity contribution in [3.63, 3.8) is 0 Å². The number of nitrogens with two attached hydrogens (primary N) is 1. The molecule has 0 radical (unpaired) electrons. The van der Waals surface area contributed by atoms with Gasteiger partial charge in [-0.1, -0.05) is 23.2 Å². The van der Waals surface area contributed by atoms with Crippen LogP contribution in [0.1, 0.15) is 26.2 Å². The number of likely N-dealkylation sites (tertiary alicyclic amines) is 1. The van der Waals surface area contributed by atoms with E-state index in [4.69, 9.17) is 28.9 Å². The average molecular weight is 316 g/mol. The van der Waals surface area contributed by atoms with Crippen molar-refractivity contribution in [2.45, 2.75) is 38.3 Å². The molecule has 110 valence electrons. The van der Waals surface area contributed by atoms with Gasteiger partial charge in [-0.15, -0.1) is 0 Å². The van der Waals surface area contributed by atoms with Gasteiger partial charge in [0.05, 0.1) is 10.7 Å². The second-order valence-corrected chi connectivity index (χ2v) is 6.01. The lowest BCUT2D eigenvalue weighted by atomic mass is 9.97. The molecule has 0 spiro atoms. The normalized spacial score (nSPS) is 20.6. The Morgan fingerprint density at radius 2 is 2.20 bits per heavy atom. The highest BCUT2D eigenvalue weighted by molar-refractivity contribution is 6.35. The van der Waals surface area contributed by atoms with Crippen molar-refractivity contribution in [2.24, 2.45) is 5.73 Å². The number of rotatable bonds is 2. The van der Waals surface area contributed by atoms with Crippen LogP contribution < -0.4 is 11.1 Å². The van der Waals surface area contributed by atoms with Crippen LogP contribution >= 0.6 is 23.2 Å². The maximum Gasteiger partial charge on any atom is 0.322 e. The highest BCUT2D eigenvalue weighted by Crippen LogP contribution is 2.27. The number of carbonyl (C=O) groups excluding carboxylic acids is 1. The van der Waals surface area contributed by atoms with Crippen LogP contribution in [0.3, 0.4) is 0 Å². The van der Waals surface area contributed by atoms with E-state index in [-0.39, 0.29) is 18.1 Å². The van der Waals surface area contributed by atoms with Gasteiger partial charge in [-0.05, 0) is 44.4 Å². The molecule has 1 aliphatic heterocycles. The first-order valence-corrected chi connectivity index (χ1v) is 7.53. The monoisotopic (exact) mass is 315 g/mol. The molecule has 0 aliphatic carbocycles. The second kappa shape index (κ2) is 6.66. The van der Waals surface area contributed by atoms with Gasteiger partial charge < -0.3 is 16.0 Å². The van der Waals surface area contributed by atoms with Crippen LogP contribution in [-0.4, -0.2) is 29.6 Å². The third-order valence-electron chi connectivity index (χ3n) is 3.59. The summed E-state index contributed by atoms with van der Waals surface area (Å²) in [6.07, 6.45) is 3.04. The quantitative estimate of drug-likeness (QED) is 0.873. The van der Waals surface area contributed by atoms with Gasteiger partial charge in [0, 0.05) is 23.7 Å². The first kappa shape index (κ1) is 15.4. The zero-order valence-electron chi connectivity index (χ0n) is 11.4. The van der Waals surface area contributed by atoms with Crippen molar-refractivity contribution in [1.29, 1.82) is 0 Å². The van der Waals surface area contributed by atoms with Crippen LogP contribution in [0.15, 0.2) is 18.2 Å². The number of urea groups is 1. The Labute approximate surface area is 129 Å². The zero-order chi connectivity index (χ0) is 14.7. The smallest absolute Gasteiger partial charge is 0.322 e. The van der Waals surface area contributed by atoms with E-state index in [1.165, 1.54) is 0 Å². The van der Waals surface area contributed by atoms with Crippen LogP contribution in [0, 0.1) is 0 Å². The number of hydrogen-bond donors (Lipinski definition) is 2. The van der Waals surface area contributed by atoms with Crippen molar-refractivity contribution < 1.29 is 4.79 Å². The third kappa shape index (κ3) is 3.57. The molecule has 2 atom stereocenters. The summed E-state index contributed by atoms with van der Waals surface area (Å²) >= 11 is 12.0. The molecule has 0 aromatic heterocycles. The van der Waals surface area contributed by atoms with Gasteiger partial charge >= 0.3 is 6.03 Å². The van der Waals surface area contributed by atoms with Gasteiger partial charge in [0.15, 0.2) is 0 Å². The van der Waals surface area contributed by atoms with E-state index >= 15 is 0 Å². The number of hydrogen-bond acceptors (Lipinski definition) is 2. The van der Waals surface area contributed by atoms with E-state index in [2.05, 4.69) is 5.32 Å². The molecule has 1 aliphatic rings. The molecule has 4 nitrogen and oxygen atoms in total. The molecule has 20 heavy (non-hydrogen) atoms. The van der Waals surface area contributed by atoms with Crippen LogP contribution in [-0.2, 0) is 0 Å². The number of amides is 2. The Morgan fingerprint density at radius 3 is 2.90 bits per heavy atom. The second-order valence-electron chi connectivity index (χ2n) is 5.17. The van der Waals surface area contributed by atoms with Crippen molar-refractivity contribution in [2.75, 3.05) is 11.9 Å². The van der Waals surface area contributed by atoms with Gasteiger partial charge in [0.2, 0.25) is 0 Å². The molecular weight excluding hydrogens is 297 g/mol. The lowest BCUT2D eigenvalue weighted by molar-refractivity contribution is 0.151. The van der Waals surface area contributed by atoms with Gasteiger partial charge in [-0.25, -0.2) is 4.79 Å². The summed E-state index contributed by atoms with van der Waals surface area (Å²) in [5.41, 5.74) is 6.50. The predicted octanol–water partition coefficient (Wildman–Crippen LogP) is 3.73. The number of benzene rings is 1. The van der Waals surface area contributed by atoms with E-state index in [0.29, 0.717) is 15.7 Å². The lowest BCUT2D eigenvalue weighted by Crippen LogP contribution is -2.53. The fourth-order valence-corrected chi connectivity index (χ4v) is 2.87. The molecule has 3 N–H and O–H groups in total. The van der Waals surface area contributed by atoms with Crippen molar-refractivity contribution >= 4 is 34.9 Å². The van der Waals surface area contributed by atoms with Crippen molar-refractivity contribution in [3.05, 3.63) is 28.2 Å². The first-order valence-electron chi connectivity index (χ1n) is 6.77.